The predicted octanol–water partition coefficient (Wildman–Crippen LogP) is 2.96. The Hall–Kier alpha value is -2.10. The predicted molar refractivity (Wildman–Crippen MR) is 90.3 cm³/mol. The van der Waals surface area contributed by atoms with Crippen molar-refractivity contribution in [1.82, 2.24) is 10.3 Å². The van der Waals surface area contributed by atoms with Gasteiger partial charge in [0, 0.05) is 37.1 Å². The van der Waals surface area contributed by atoms with E-state index in [1.54, 1.807) is 6.92 Å². The third-order valence-corrected chi connectivity index (χ3v) is 4.49. The molecular formula is C18H23N3O. The van der Waals surface area contributed by atoms with E-state index in [1.165, 1.54) is 16.6 Å². The highest BCUT2D eigenvalue weighted by atomic mass is 16.1. The quantitative estimate of drug-likeness (QED) is 0.927. The summed E-state index contributed by atoms with van der Waals surface area (Å²) in [5.74, 6) is 0.0549. The number of hydrogen-bond donors (Lipinski definition) is 1. The number of pyridine rings is 1. The second-order valence-electron chi connectivity index (χ2n) is 6.17. The lowest BCUT2D eigenvalue weighted by molar-refractivity contribution is -0.119. The first kappa shape index (κ1) is 14.8. The van der Waals surface area contributed by atoms with Gasteiger partial charge in [0.25, 0.3) is 0 Å². The van der Waals surface area contributed by atoms with Gasteiger partial charge in [0.15, 0.2) is 0 Å². The van der Waals surface area contributed by atoms with Crippen LogP contribution in [0.15, 0.2) is 24.3 Å². The fourth-order valence-corrected chi connectivity index (χ4v) is 3.40. The Balaban J connectivity index is 2.01. The Morgan fingerprint density at radius 2 is 2.09 bits per heavy atom. The zero-order valence-corrected chi connectivity index (χ0v) is 13.5. The average molecular weight is 297 g/mol. The van der Waals surface area contributed by atoms with E-state index in [-0.39, 0.29) is 11.9 Å². The minimum atomic E-state index is 0.0549. The summed E-state index contributed by atoms with van der Waals surface area (Å²) < 4.78 is 0. The van der Waals surface area contributed by atoms with E-state index in [2.05, 4.69) is 42.3 Å². The van der Waals surface area contributed by atoms with Crippen molar-refractivity contribution in [3.63, 3.8) is 0 Å². The monoisotopic (exact) mass is 297 g/mol. The van der Waals surface area contributed by atoms with Gasteiger partial charge in [-0.25, -0.2) is 0 Å². The molecule has 1 amide bonds. The lowest BCUT2D eigenvalue weighted by atomic mass is 10.0. The molecule has 0 spiro atoms. The van der Waals surface area contributed by atoms with Crippen LogP contribution in [0.2, 0.25) is 0 Å². The van der Waals surface area contributed by atoms with Crippen molar-refractivity contribution in [3.8, 4) is 0 Å². The maximum absolute atomic E-state index is 11.3. The molecule has 0 aliphatic carbocycles. The number of piperidine rings is 1. The molecule has 0 radical (unpaired) electrons. The van der Waals surface area contributed by atoms with Crippen LogP contribution < -0.4 is 10.2 Å². The SMILES string of the molecule is CC(=O)N[C@H]1CCCN(c2c(C)c(C)nc3ccccc23)C1. The molecule has 1 aromatic carbocycles. The van der Waals surface area contributed by atoms with E-state index in [1.807, 2.05) is 6.07 Å². The summed E-state index contributed by atoms with van der Waals surface area (Å²) >= 11 is 0. The molecule has 1 aliphatic heterocycles. The number of aryl methyl sites for hydroxylation is 1. The molecule has 2 aromatic rings. The second kappa shape index (κ2) is 5.95. The van der Waals surface area contributed by atoms with Crippen LogP contribution in [0.5, 0.6) is 0 Å². The zero-order valence-electron chi connectivity index (χ0n) is 13.5. The van der Waals surface area contributed by atoms with E-state index in [0.717, 1.165) is 37.1 Å². The maximum atomic E-state index is 11.3. The minimum Gasteiger partial charge on any atom is -0.369 e. The van der Waals surface area contributed by atoms with Gasteiger partial charge in [-0.3, -0.25) is 9.78 Å². The summed E-state index contributed by atoms with van der Waals surface area (Å²) in [5, 5.41) is 4.27. The number of anilines is 1. The number of amides is 1. The van der Waals surface area contributed by atoms with Gasteiger partial charge in [-0.15, -0.1) is 0 Å². The van der Waals surface area contributed by atoms with Crippen molar-refractivity contribution in [3.05, 3.63) is 35.5 Å². The molecule has 0 unspecified atom stereocenters. The molecule has 116 valence electrons. The molecule has 4 heteroatoms. The number of para-hydroxylation sites is 1. The fourth-order valence-electron chi connectivity index (χ4n) is 3.40. The summed E-state index contributed by atoms with van der Waals surface area (Å²) in [6.07, 6.45) is 2.15. The summed E-state index contributed by atoms with van der Waals surface area (Å²) in [7, 11) is 0. The largest absolute Gasteiger partial charge is 0.369 e. The number of fused-ring (bicyclic) bond motifs is 1. The van der Waals surface area contributed by atoms with Gasteiger partial charge < -0.3 is 10.2 Å². The summed E-state index contributed by atoms with van der Waals surface area (Å²) in [6.45, 7) is 7.71. The van der Waals surface area contributed by atoms with Gasteiger partial charge >= 0.3 is 0 Å². The Labute approximate surface area is 131 Å². The van der Waals surface area contributed by atoms with Crippen LogP contribution in [0.1, 0.15) is 31.0 Å². The highest BCUT2D eigenvalue weighted by molar-refractivity contribution is 5.94. The fraction of sp³-hybridized carbons (Fsp3) is 0.444. The molecule has 3 rings (SSSR count). The van der Waals surface area contributed by atoms with Crippen molar-refractivity contribution in [1.29, 1.82) is 0 Å². The number of nitrogens with one attached hydrogen (secondary N) is 1. The van der Waals surface area contributed by atoms with Crippen LogP contribution in [0.3, 0.4) is 0 Å². The number of nitrogens with zero attached hydrogens (tertiary/aromatic N) is 2. The highest BCUT2D eigenvalue weighted by Crippen LogP contribution is 2.32. The number of benzene rings is 1. The maximum Gasteiger partial charge on any atom is 0.217 e. The molecule has 0 bridgehead atoms. The molecule has 2 heterocycles. The van der Waals surface area contributed by atoms with Crippen molar-refractivity contribution in [2.24, 2.45) is 0 Å². The first-order valence-electron chi connectivity index (χ1n) is 7.94. The standard InChI is InChI=1S/C18H23N3O/c1-12-13(2)19-17-9-5-4-8-16(17)18(12)21-10-6-7-15(11-21)20-14(3)22/h4-5,8-9,15H,6-7,10-11H2,1-3H3,(H,20,22)/t15-/m0/s1. The average Bonchev–Trinajstić information content (AvgIpc) is 2.48. The first-order chi connectivity index (χ1) is 10.6. The van der Waals surface area contributed by atoms with Crippen molar-refractivity contribution in [2.45, 2.75) is 39.7 Å². The van der Waals surface area contributed by atoms with Gasteiger partial charge in [-0.1, -0.05) is 18.2 Å². The Bertz CT molecular complexity index is 711. The van der Waals surface area contributed by atoms with Crippen LogP contribution >= 0.6 is 0 Å². The normalized spacial score (nSPS) is 18.5. The molecule has 1 aromatic heterocycles. The molecule has 22 heavy (non-hydrogen) atoms. The Morgan fingerprint density at radius 1 is 1.32 bits per heavy atom. The Kier molecular flexibility index (Phi) is 4.01. The summed E-state index contributed by atoms with van der Waals surface area (Å²) in [4.78, 5) is 18.5. The molecule has 0 saturated carbocycles. The molecule has 1 saturated heterocycles. The van der Waals surface area contributed by atoms with Gasteiger partial charge in [0.1, 0.15) is 0 Å². The van der Waals surface area contributed by atoms with Crippen LogP contribution in [0, 0.1) is 13.8 Å². The van der Waals surface area contributed by atoms with Crippen molar-refractivity contribution in [2.75, 3.05) is 18.0 Å². The number of carbonyl (C=O) groups is 1. The highest BCUT2D eigenvalue weighted by Gasteiger charge is 2.23. The van der Waals surface area contributed by atoms with Gasteiger partial charge in [0.2, 0.25) is 5.91 Å². The second-order valence-corrected chi connectivity index (χ2v) is 6.17. The summed E-state index contributed by atoms with van der Waals surface area (Å²) in [5.41, 5.74) is 4.64. The Morgan fingerprint density at radius 3 is 2.86 bits per heavy atom. The molecule has 1 fully saturated rings. The van der Waals surface area contributed by atoms with Gasteiger partial charge in [-0.2, -0.15) is 0 Å². The minimum absolute atomic E-state index is 0.0549. The van der Waals surface area contributed by atoms with Crippen molar-refractivity contribution >= 4 is 22.5 Å². The smallest absolute Gasteiger partial charge is 0.217 e. The summed E-state index contributed by atoms with van der Waals surface area (Å²) in [6, 6.07) is 8.55. The van der Waals surface area contributed by atoms with Crippen LogP contribution in [0.4, 0.5) is 5.69 Å². The third kappa shape index (κ3) is 2.78. The van der Waals surface area contributed by atoms with E-state index in [9.17, 15) is 4.79 Å². The number of carbonyl (C=O) groups excluding carboxylic acids is 1. The third-order valence-electron chi connectivity index (χ3n) is 4.49. The molecule has 1 N–H and O–H groups in total. The van der Waals surface area contributed by atoms with E-state index in [4.69, 9.17) is 4.98 Å². The number of hydrogen-bond acceptors (Lipinski definition) is 3. The van der Waals surface area contributed by atoms with E-state index < -0.39 is 0 Å². The molecular weight excluding hydrogens is 274 g/mol. The zero-order chi connectivity index (χ0) is 15.7. The van der Waals surface area contributed by atoms with E-state index >= 15 is 0 Å². The first-order valence-corrected chi connectivity index (χ1v) is 7.94. The molecule has 4 nitrogen and oxygen atoms in total. The topological polar surface area (TPSA) is 45.2 Å². The van der Waals surface area contributed by atoms with Gasteiger partial charge in [-0.05, 0) is 38.3 Å². The van der Waals surface area contributed by atoms with Crippen molar-refractivity contribution < 1.29 is 4.79 Å². The lowest BCUT2D eigenvalue weighted by Gasteiger charge is -2.36. The van der Waals surface area contributed by atoms with Crippen LogP contribution in [0.25, 0.3) is 10.9 Å². The van der Waals surface area contributed by atoms with Crippen LogP contribution in [-0.4, -0.2) is 30.0 Å². The van der Waals surface area contributed by atoms with E-state index in [0.29, 0.717) is 0 Å². The number of rotatable bonds is 2. The van der Waals surface area contributed by atoms with Crippen LogP contribution in [-0.2, 0) is 4.79 Å². The lowest BCUT2D eigenvalue weighted by Crippen LogP contribution is -2.47. The van der Waals surface area contributed by atoms with Gasteiger partial charge in [0.05, 0.1) is 11.2 Å². The molecule has 1 atom stereocenters. The number of aromatic nitrogens is 1. The molecule has 1 aliphatic rings.